The van der Waals surface area contributed by atoms with E-state index in [0.29, 0.717) is 12.5 Å². The third-order valence-electron chi connectivity index (χ3n) is 5.14. The van der Waals surface area contributed by atoms with E-state index in [-0.39, 0.29) is 12.1 Å². The van der Waals surface area contributed by atoms with Gasteiger partial charge in [-0.1, -0.05) is 6.92 Å². The Morgan fingerprint density at radius 2 is 2.14 bits per heavy atom. The molecule has 0 bridgehead atoms. The van der Waals surface area contributed by atoms with Gasteiger partial charge in [-0.2, -0.15) is 5.10 Å². The van der Waals surface area contributed by atoms with Gasteiger partial charge in [0.25, 0.3) is 0 Å². The molecular formula is C14H24N4O2S. The van der Waals surface area contributed by atoms with Gasteiger partial charge in [-0.15, -0.1) is 0 Å². The lowest BCUT2D eigenvalue weighted by atomic mass is 9.83. The van der Waals surface area contributed by atoms with E-state index in [4.69, 9.17) is 0 Å². The molecule has 1 heterocycles. The maximum Gasteiger partial charge on any atom is 0.154 e. The lowest BCUT2D eigenvalue weighted by Crippen LogP contribution is -2.46. The highest BCUT2D eigenvalue weighted by Gasteiger charge is 2.52. The van der Waals surface area contributed by atoms with Crippen molar-refractivity contribution in [1.82, 2.24) is 20.1 Å². The SMILES string of the molecule is CC1CCC(NCC2(S(C)(=O)=O)CC2)C(n2cncn2)C1. The Morgan fingerprint density at radius 3 is 2.71 bits per heavy atom. The van der Waals surface area contributed by atoms with Crippen molar-refractivity contribution in [2.45, 2.75) is 55.9 Å². The van der Waals surface area contributed by atoms with Crippen LogP contribution in [0.25, 0.3) is 0 Å². The summed E-state index contributed by atoms with van der Waals surface area (Å²) in [6.45, 7) is 2.83. The molecule has 3 unspecified atom stereocenters. The molecule has 118 valence electrons. The van der Waals surface area contributed by atoms with Crippen molar-refractivity contribution >= 4 is 9.84 Å². The van der Waals surface area contributed by atoms with E-state index in [0.717, 1.165) is 25.7 Å². The molecule has 1 N–H and O–H groups in total. The maximum absolute atomic E-state index is 11.9. The number of sulfone groups is 1. The van der Waals surface area contributed by atoms with Crippen molar-refractivity contribution < 1.29 is 8.42 Å². The molecule has 2 saturated carbocycles. The third-order valence-corrected chi connectivity index (χ3v) is 7.26. The summed E-state index contributed by atoms with van der Waals surface area (Å²) in [6.07, 6.45) is 9.56. The second-order valence-corrected chi connectivity index (χ2v) is 9.21. The molecule has 6 nitrogen and oxygen atoms in total. The van der Waals surface area contributed by atoms with Gasteiger partial charge < -0.3 is 5.32 Å². The predicted octanol–water partition coefficient (Wildman–Crippen LogP) is 1.17. The first kappa shape index (κ1) is 15.0. The lowest BCUT2D eigenvalue weighted by Gasteiger charge is -2.36. The van der Waals surface area contributed by atoms with Crippen LogP contribution in [0.5, 0.6) is 0 Å². The van der Waals surface area contributed by atoms with Gasteiger partial charge in [0.05, 0.1) is 10.8 Å². The summed E-state index contributed by atoms with van der Waals surface area (Å²) in [5, 5.41) is 7.80. The molecule has 3 rings (SSSR count). The summed E-state index contributed by atoms with van der Waals surface area (Å²) in [7, 11) is -2.97. The Bertz CT molecular complexity index is 580. The zero-order valence-electron chi connectivity index (χ0n) is 12.7. The van der Waals surface area contributed by atoms with Crippen LogP contribution in [0.1, 0.15) is 45.1 Å². The standard InChI is InChI=1S/C14H24N4O2S/c1-11-3-4-12(13(7-11)18-10-15-9-17-18)16-8-14(5-6-14)21(2,19)20/h9-13,16H,3-8H2,1-2H3. The second kappa shape index (κ2) is 5.35. The topological polar surface area (TPSA) is 76.9 Å². The van der Waals surface area contributed by atoms with Gasteiger partial charge in [-0.25, -0.2) is 18.1 Å². The Kier molecular flexibility index (Phi) is 3.81. The van der Waals surface area contributed by atoms with Gasteiger partial charge in [-0.05, 0) is 38.0 Å². The van der Waals surface area contributed by atoms with Gasteiger partial charge in [-0.3, -0.25) is 0 Å². The molecule has 1 aromatic heterocycles. The minimum atomic E-state index is -2.97. The molecular weight excluding hydrogens is 288 g/mol. The molecule has 1 aromatic rings. The van der Waals surface area contributed by atoms with E-state index in [2.05, 4.69) is 22.3 Å². The van der Waals surface area contributed by atoms with Crippen molar-refractivity contribution in [1.29, 1.82) is 0 Å². The second-order valence-electron chi connectivity index (χ2n) is 6.80. The molecule has 0 aromatic carbocycles. The van der Waals surface area contributed by atoms with Crippen LogP contribution >= 0.6 is 0 Å². The van der Waals surface area contributed by atoms with Gasteiger partial charge in [0, 0.05) is 18.8 Å². The summed E-state index contributed by atoms with van der Waals surface area (Å²) in [5.41, 5.74) is 0. The third kappa shape index (κ3) is 2.99. The average molecular weight is 312 g/mol. The quantitative estimate of drug-likeness (QED) is 0.883. The van der Waals surface area contributed by atoms with E-state index in [9.17, 15) is 8.42 Å². The number of aromatic nitrogens is 3. The average Bonchev–Trinajstić information content (AvgIpc) is 3.04. The van der Waals surface area contributed by atoms with Gasteiger partial charge >= 0.3 is 0 Å². The van der Waals surface area contributed by atoms with E-state index in [1.165, 1.54) is 12.7 Å². The minimum Gasteiger partial charge on any atom is -0.310 e. The van der Waals surface area contributed by atoms with Crippen molar-refractivity contribution in [3.05, 3.63) is 12.7 Å². The van der Waals surface area contributed by atoms with Crippen LogP contribution < -0.4 is 5.32 Å². The minimum absolute atomic E-state index is 0.270. The van der Waals surface area contributed by atoms with Gasteiger partial charge in [0.15, 0.2) is 9.84 Å². The summed E-state index contributed by atoms with van der Waals surface area (Å²) in [5.74, 6) is 0.669. The smallest absolute Gasteiger partial charge is 0.154 e. The summed E-state index contributed by atoms with van der Waals surface area (Å²) in [4.78, 5) is 4.05. The van der Waals surface area contributed by atoms with Crippen LogP contribution in [0.3, 0.4) is 0 Å². The molecule has 21 heavy (non-hydrogen) atoms. The molecule has 2 fully saturated rings. The van der Waals surface area contributed by atoms with E-state index >= 15 is 0 Å². The molecule has 0 radical (unpaired) electrons. The summed E-state index contributed by atoms with van der Waals surface area (Å²) in [6, 6.07) is 0.550. The molecule has 7 heteroatoms. The molecule has 3 atom stereocenters. The first-order chi connectivity index (χ1) is 9.91. The van der Waals surface area contributed by atoms with Gasteiger partial charge in [0.2, 0.25) is 0 Å². The van der Waals surface area contributed by atoms with Crippen LogP contribution in [-0.4, -0.2) is 46.8 Å². The molecule has 0 saturated heterocycles. The number of hydrogen-bond donors (Lipinski definition) is 1. The Labute approximate surface area is 126 Å². The Balaban J connectivity index is 1.69. The van der Waals surface area contributed by atoms with Crippen molar-refractivity contribution in [3.8, 4) is 0 Å². The maximum atomic E-state index is 11.9. The fourth-order valence-electron chi connectivity index (χ4n) is 3.41. The number of nitrogens with zero attached hydrogens (tertiary/aromatic N) is 3. The summed E-state index contributed by atoms with van der Waals surface area (Å²) >= 11 is 0. The molecule has 2 aliphatic carbocycles. The summed E-state index contributed by atoms with van der Waals surface area (Å²) < 4.78 is 25.2. The first-order valence-corrected chi connectivity index (χ1v) is 9.57. The van der Waals surface area contributed by atoms with E-state index < -0.39 is 14.6 Å². The normalized spacial score (nSPS) is 32.0. The first-order valence-electron chi connectivity index (χ1n) is 7.68. The number of nitrogens with one attached hydrogen (secondary N) is 1. The highest BCUT2D eigenvalue weighted by Crippen LogP contribution is 2.43. The Hall–Kier alpha value is -0.950. The fraction of sp³-hybridized carbons (Fsp3) is 0.857. The Morgan fingerprint density at radius 1 is 1.38 bits per heavy atom. The fourth-order valence-corrected chi connectivity index (χ4v) is 4.59. The van der Waals surface area contributed by atoms with Crippen LogP contribution in [0.2, 0.25) is 0 Å². The predicted molar refractivity (Wildman–Crippen MR) is 80.7 cm³/mol. The molecule has 0 amide bonds. The monoisotopic (exact) mass is 312 g/mol. The number of hydrogen-bond acceptors (Lipinski definition) is 5. The van der Waals surface area contributed by atoms with Crippen LogP contribution in [0.15, 0.2) is 12.7 Å². The zero-order valence-corrected chi connectivity index (χ0v) is 13.5. The highest BCUT2D eigenvalue weighted by molar-refractivity contribution is 7.92. The molecule has 0 spiro atoms. The van der Waals surface area contributed by atoms with Crippen LogP contribution in [-0.2, 0) is 9.84 Å². The van der Waals surface area contributed by atoms with Crippen molar-refractivity contribution in [2.75, 3.05) is 12.8 Å². The van der Waals surface area contributed by atoms with Crippen molar-refractivity contribution in [3.63, 3.8) is 0 Å². The van der Waals surface area contributed by atoms with E-state index in [1.807, 2.05) is 4.68 Å². The highest BCUT2D eigenvalue weighted by atomic mass is 32.2. The van der Waals surface area contributed by atoms with E-state index in [1.54, 1.807) is 12.7 Å². The van der Waals surface area contributed by atoms with Crippen molar-refractivity contribution in [2.24, 2.45) is 5.92 Å². The molecule has 2 aliphatic rings. The van der Waals surface area contributed by atoms with Gasteiger partial charge in [0.1, 0.15) is 12.7 Å². The molecule has 0 aliphatic heterocycles. The van der Waals surface area contributed by atoms with Crippen LogP contribution in [0, 0.1) is 5.92 Å². The lowest BCUT2D eigenvalue weighted by molar-refractivity contribution is 0.202. The van der Waals surface area contributed by atoms with Crippen LogP contribution in [0.4, 0.5) is 0 Å². The largest absolute Gasteiger partial charge is 0.310 e. The number of rotatable bonds is 5. The zero-order chi connectivity index (χ0) is 15.1.